The first kappa shape index (κ1) is 22.1. The van der Waals surface area contributed by atoms with E-state index < -0.39 is 29.7 Å². The molecule has 1 N–H and O–H groups in total. The monoisotopic (exact) mass is 427 g/mol. The van der Waals surface area contributed by atoms with Crippen molar-refractivity contribution < 1.29 is 27.5 Å². The maximum Gasteiger partial charge on any atom is 0.416 e. The Bertz CT molecular complexity index is 1030. The maximum absolute atomic E-state index is 12.7. The van der Waals surface area contributed by atoms with E-state index in [4.69, 9.17) is 4.74 Å². The van der Waals surface area contributed by atoms with E-state index in [2.05, 4.69) is 5.32 Å². The molecule has 160 valence electrons. The second kappa shape index (κ2) is 9.47. The number of ether oxygens (including phenoxy) is 1. The molecule has 0 aliphatic heterocycles. The molecule has 3 aromatic rings. The van der Waals surface area contributed by atoms with Gasteiger partial charge in [-0.25, -0.2) is 4.79 Å². The molecule has 0 saturated carbocycles. The lowest BCUT2D eigenvalue weighted by Crippen LogP contribution is -2.43. The third-order valence-electron chi connectivity index (χ3n) is 4.77. The van der Waals surface area contributed by atoms with Crippen molar-refractivity contribution >= 4 is 11.9 Å². The van der Waals surface area contributed by atoms with Crippen LogP contribution in [0, 0.1) is 0 Å². The van der Waals surface area contributed by atoms with E-state index in [1.165, 1.54) is 7.11 Å². The summed E-state index contributed by atoms with van der Waals surface area (Å²) in [6, 6.07) is 20.1. The van der Waals surface area contributed by atoms with E-state index in [1.807, 2.05) is 54.6 Å². The fraction of sp³-hybridized carbons (Fsp3) is 0.167. The molecule has 0 unspecified atom stereocenters. The third kappa shape index (κ3) is 5.72. The normalized spacial score (nSPS) is 12.1. The first-order chi connectivity index (χ1) is 14.8. The molecule has 0 aromatic heterocycles. The summed E-state index contributed by atoms with van der Waals surface area (Å²) < 4.78 is 42.9. The molecule has 1 atom stereocenters. The zero-order chi connectivity index (χ0) is 22.4. The van der Waals surface area contributed by atoms with Gasteiger partial charge in [0.2, 0.25) is 0 Å². The molecule has 31 heavy (non-hydrogen) atoms. The van der Waals surface area contributed by atoms with Crippen LogP contribution in [0.2, 0.25) is 0 Å². The highest BCUT2D eigenvalue weighted by Crippen LogP contribution is 2.29. The summed E-state index contributed by atoms with van der Waals surface area (Å²) in [5, 5.41) is 2.54. The van der Waals surface area contributed by atoms with Gasteiger partial charge >= 0.3 is 12.1 Å². The topological polar surface area (TPSA) is 55.4 Å². The number of alkyl halides is 3. The number of carbonyl (C=O) groups excluding carboxylic acids is 2. The Balaban J connectivity index is 1.72. The van der Waals surface area contributed by atoms with E-state index in [-0.39, 0.29) is 12.0 Å². The number of rotatable bonds is 6. The number of nitrogens with one attached hydrogen (secondary N) is 1. The molecular formula is C24H20F3NO3. The molecule has 0 spiro atoms. The quantitative estimate of drug-likeness (QED) is 0.570. The number of carbonyl (C=O) groups is 2. The molecule has 1 amide bonds. The van der Waals surface area contributed by atoms with Gasteiger partial charge in [-0.05, 0) is 41.0 Å². The Morgan fingerprint density at radius 3 is 2.00 bits per heavy atom. The summed E-state index contributed by atoms with van der Waals surface area (Å²) in [6.07, 6.45) is -4.32. The second-order valence-electron chi connectivity index (χ2n) is 6.89. The highest BCUT2D eigenvalue weighted by Gasteiger charge is 2.30. The zero-order valence-electron chi connectivity index (χ0n) is 16.6. The van der Waals surface area contributed by atoms with Crippen molar-refractivity contribution in [2.45, 2.75) is 18.6 Å². The van der Waals surface area contributed by atoms with Crippen LogP contribution >= 0.6 is 0 Å². The SMILES string of the molecule is COC(=O)[C@H](Cc1ccc(-c2ccccc2)cc1)NC(=O)c1ccc(C(F)(F)F)cc1. The highest BCUT2D eigenvalue weighted by molar-refractivity contribution is 5.96. The van der Waals surface area contributed by atoms with Crippen molar-refractivity contribution in [1.29, 1.82) is 0 Å². The summed E-state index contributed by atoms with van der Waals surface area (Å²) >= 11 is 0. The zero-order valence-corrected chi connectivity index (χ0v) is 16.6. The van der Waals surface area contributed by atoms with Gasteiger partial charge < -0.3 is 10.1 Å². The van der Waals surface area contributed by atoms with Crippen LogP contribution in [0.25, 0.3) is 11.1 Å². The molecule has 0 aliphatic rings. The molecule has 0 radical (unpaired) electrons. The van der Waals surface area contributed by atoms with Crippen molar-refractivity contribution in [1.82, 2.24) is 5.32 Å². The Morgan fingerprint density at radius 2 is 1.45 bits per heavy atom. The average Bonchev–Trinajstić information content (AvgIpc) is 2.78. The van der Waals surface area contributed by atoms with Gasteiger partial charge in [-0.2, -0.15) is 13.2 Å². The lowest BCUT2D eigenvalue weighted by atomic mass is 10.0. The number of esters is 1. The summed E-state index contributed by atoms with van der Waals surface area (Å²) in [5.74, 6) is -1.31. The van der Waals surface area contributed by atoms with Gasteiger partial charge in [0.15, 0.2) is 0 Å². The van der Waals surface area contributed by atoms with Crippen LogP contribution in [0.15, 0.2) is 78.9 Å². The van der Waals surface area contributed by atoms with Crippen molar-refractivity contribution in [3.05, 3.63) is 95.6 Å². The summed E-state index contributed by atoms with van der Waals surface area (Å²) in [5.41, 5.74) is 2.01. The van der Waals surface area contributed by atoms with E-state index in [0.717, 1.165) is 41.0 Å². The van der Waals surface area contributed by atoms with Gasteiger partial charge in [0.1, 0.15) is 6.04 Å². The molecule has 3 rings (SSSR count). The van der Waals surface area contributed by atoms with Crippen LogP contribution in [0.3, 0.4) is 0 Å². The van der Waals surface area contributed by atoms with E-state index in [0.29, 0.717) is 0 Å². The van der Waals surface area contributed by atoms with Crippen LogP contribution in [-0.4, -0.2) is 25.0 Å². The van der Waals surface area contributed by atoms with Gasteiger partial charge in [0.05, 0.1) is 12.7 Å². The fourth-order valence-electron chi connectivity index (χ4n) is 3.09. The fourth-order valence-corrected chi connectivity index (χ4v) is 3.09. The maximum atomic E-state index is 12.7. The predicted molar refractivity (Wildman–Crippen MR) is 110 cm³/mol. The standard InChI is InChI=1S/C24H20F3NO3/c1-31-23(30)21(28-22(29)19-11-13-20(14-12-19)24(25,26)27)15-16-7-9-18(10-8-16)17-5-3-2-4-6-17/h2-14,21H,15H2,1H3,(H,28,29)/t21-/m0/s1. The average molecular weight is 427 g/mol. The number of halogens is 3. The molecular weight excluding hydrogens is 407 g/mol. The Morgan fingerprint density at radius 1 is 0.871 bits per heavy atom. The molecule has 3 aromatic carbocycles. The van der Waals surface area contributed by atoms with Crippen LogP contribution < -0.4 is 5.32 Å². The van der Waals surface area contributed by atoms with Crippen molar-refractivity contribution in [3.63, 3.8) is 0 Å². The van der Waals surface area contributed by atoms with Crippen molar-refractivity contribution in [3.8, 4) is 11.1 Å². The summed E-state index contributed by atoms with van der Waals surface area (Å²) in [6.45, 7) is 0. The van der Waals surface area contributed by atoms with Crippen LogP contribution in [0.4, 0.5) is 13.2 Å². The lowest BCUT2D eigenvalue weighted by Gasteiger charge is -2.17. The molecule has 0 aliphatic carbocycles. The van der Waals surface area contributed by atoms with E-state index >= 15 is 0 Å². The van der Waals surface area contributed by atoms with Gasteiger partial charge in [-0.3, -0.25) is 4.79 Å². The largest absolute Gasteiger partial charge is 0.467 e. The highest BCUT2D eigenvalue weighted by atomic mass is 19.4. The number of methoxy groups -OCH3 is 1. The Labute approximate surface area is 177 Å². The van der Waals surface area contributed by atoms with Crippen molar-refractivity contribution in [2.24, 2.45) is 0 Å². The van der Waals surface area contributed by atoms with Crippen LogP contribution in [-0.2, 0) is 22.1 Å². The van der Waals surface area contributed by atoms with Gasteiger partial charge in [-0.1, -0.05) is 54.6 Å². The Kier molecular flexibility index (Phi) is 6.74. The third-order valence-corrected chi connectivity index (χ3v) is 4.77. The van der Waals surface area contributed by atoms with E-state index in [1.54, 1.807) is 0 Å². The smallest absolute Gasteiger partial charge is 0.416 e. The second-order valence-corrected chi connectivity index (χ2v) is 6.89. The minimum atomic E-state index is -4.49. The van der Waals surface area contributed by atoms with Gasteiger partial charge in [0, 0.05) is 12.0 Å². The number of hydrogen-bond donors (Lipinski definition) is 1. The first-order valence-electron chi connectivity index (χ1n) is 9.48. The summed E-state index contributed by atoms with van der Waals surface area (Å²) in [4.78, 5) is 24.6. The molecule has 0 heterocycles. The first-order valence-corrected chi connectivity index (χ1v) is 9.48. The van der Waals surface area contributed by atoms with E-state index in [9.17, 15) is 22.8 Å². The van der Waals surface area contributed by atoms with Gasteiger partial charge in [0.25, 0.3) is 5.91 Å². The van der Waals surface area contributed by atoms with Crippen LogP contribution in [0.1, 0.15) is 21.5 Å². The van der Waals surface area contributed by atoms with Crippen molar-refractivity contribution in [2.75, 3.05) is 7.11 Å². The number of amides is 1. The van der Waals surface area contributed by atoms with Gasteiger partial charge in [-0.15, -0.1) is 0 Å². The summed E-state index contributed by atoms with van der Waals surface area (Å²) in [7, 11) is 1.21. The Hall–Kier alpha value is -3.61. The van der Waals surface area contributed by atoms with Crippen LogP contribution in [0.5, 0.6) is 0 Å². The minimum absolute atomic E-state index is 0.0151. The molecule has 4 nitrogen and oxygen atoms in total. The molecule has 0 saturated heterocycles. The molecule has 7 heteroatoms. The number of benzene rings is 3. The predicted octanol–water partition coefficient (Wildman–Crippen LogP) is 4.89. The number of hydrogen-bond acceptors (Lipinski definition) is 3. The molecule has 0 fully saturated rings. The molecule has 0 bridgehead atoms. The minimum Gasteiger partial charge on any atom is -0.467 e. The lowest BCUT2D eigenvalue weighted by molar-refractivity contribution is -0.142.